The molecule has 1 heterocycles. The summed E-state index contributed by atoms with van der Waals surface area (Å²) < 4.78 is 28.3. The maximum absolute atomic E-state index is 12.9. The number of esters is 4. The molecule has 1 aliphatic rings. The van der Waals surface area contributed by atoms with Gasteiger partial charge in [-0.3, -0.25) is 19.2 Å². The van der Waals surface area contributed by atoms with Gasteiger partial charge in [0.05, 0.1) is 21.7 Å². The summed E-state index contributed by atoms with van der Waals surface area (Å²) in [5.41, 5.74) is 5.54. The highest BCUT2D eigenvalue weighted by Gasteiger charge is 2.56. The molecule has 1 unspecified atom stereocenters. The first-order valence-electron chi connectivity index (χ1n) is 12.5. The number of carbonyl (C=O) groups is 4. The van der Waals surface area contributed by atoms with Gasteiger partial charge in [-0.25, -0.2) is 0 Å². The molecule has 5 atom stereocenters. The average molecular weight is 542 g/mol. The fourth-order valence-electron chi connectivity index (χ4n) is 2.83. The van der Waals surface area contributed by atoms with Gasteiger partial charge in [-0.2, -0.15) is 0 Å². The summed E-state index contributed by atoms with van der Waals surface area (Å²) in [4.78, 5) is 53.8. The van der Waals surface area contributed by atoms with Gasteiger partial charge in [0.2, 0.25) is 12.4 Å². The molecule has 1 aliphatic heterocycles. The Bertz CT molecular complexity index is 945. The van der Waals surface area contributed by atoms with Crippen LogP contribution in [0.25, 0.3) is 10.4 Å². The van der Waals surface area contributed by atoms with Crippen molar-refractivity contribution < 1.29 is 42.9 Å². The number of azide groups is 1. The SMILES string of the molecule is CC(C)(C)C(=O)OC[C@H](N=[N+]=[N-])[C@@H]1OC(OC(=O)C(C)(C)C)[C@H](OC(=O)C(C)(C)C)[C@H]1OC(=O)C(C)(C)C. The molecule has 0 aromatic carbocycles. The van der Waals surface area contributed by atoms with Crippen LogP contribution in [0.4, 0.5) is 0 Å². The zero-order chi connectivity index (χ0) is 29.9. The summed E-state index contributed by atoms with van der Waals surface area (Å²) in [6.07, 6.45) is -5.51. The molecular formula is C26H43N3O9. The van der Waals surface area contributed by atoms with Crippen molar-refractivity contribution >= 4 is 23.9 Å². The molecule has 1 saturated heterocycles. The van der Waals surface area contributed by atoms with E-state index in [2.05, 4.69) is 10.0 Å². The van der Waals surface area contributed by atoms with Gasteiger partial charge in [0.15, 0.2) is 6.10 Å². The van der Waals surface area contributed by atoms with Crippen LogP contribution in [0.5, 0.6) is 0 Å². The average Bonchev–Trinajstić information content (AvgIpc) is 3.04. The first-order valence-corrected chi connectivity index (χ1v) is 12.5. The van der Waals surface area contributed by atoms with Crippen LogP contribution < -0.4 is 0 Å². The lowest BCUT2D eigenvalue weighted by Gasteiger charge is -2.30. The smallest absolute Gasteiger partial charge is 0.313 e. The van der Waals surface area contributed by atoms with Gasteiger partial charge in [0.25, 0.3) is 0 Å². The second kappa shape index (κ2) is 11.9. The fourth-order valence-corrected chi connectivity index (χ4v) is 2.83. The fraction of sp³-hybridized carbons (Fsp3) is 0.846. The molecule has 0 N–H and O–H groups in total. The van der Waals surface area contributed by atoms with E-state index >= 15 is 0 Å². The van der Waals surface area contributed by atoms with Crippen LogP contribution >= 0.6 is 0 Å². The molecule has 38 heavy (non-hydrogen) atoms. The minimum Gasteiger partial charge on any atom is -0.465 e. The summed E-state index contributed by atoms with van der Waals surface area (Å²) in [6.45, 7) is 19.2. The summed E-state index contributed by atoms with van der Waals surface area (Å²) in [6, 6.07) is -1.21. The molecule has 216 valence electrons. The first kappa shape index (κ1) is 33.2. The van der Waals surface area contributed by atoms with Crippen molar-refractivity contribution in [3.05, 3.63) is 10.4 Å². The lowest BCUT2D eigenvalue weighted by molar-refractivity contribution is -0.207. The normalized spacial score (nSPS) is 23.1. The van der Waals surface area contributed by atoms with E-state index in [4.69, 9.17) is 23.7 Å². The van der Waals surface area contributed by atoms with E-state index in [1.807, 2.05) is 0 Å². The largest absolute Gasteiger partial charge is 0.465 e. The van der Waals surface area contributed by atoms with Crippen molar-refractivity contribution in [2.45, 2.75) is 114 Å². The molecule has 0 aromatic heterocycles. The molecule has 0 spiro atoms. The number of nitrogens with zero attached hydrogens (tertiary/aromatic N) is 3. The van der Waals surface area contributed by atoms with Crippen LogP contribution in [-0.4, -0.2) is 61.1 Å². The molecule has 1 rings (SSSR count). The zero-order valence-corrected chi connectivity index (χ0v) is 24.6. The van der Waals surface area contributed by atoms with E-state index in [0.717, 1.165) is 0 Å². The molecule has 12 nitrogen and oxygen atoms in total. The van der Waals surface area contributed by atoms with Crippen molar-refractivity contribution in [2.24, 2.45) is 26.8 Å². The predicted octanol–water partition coefficient (Wildman–Crippen LogP) is 4.48. The van der Waals surface area contributed by atoms with Crippen molar-refractivity contribution in [3.8, 4) is 0 Å². The van der Waals surface area contributed by atoms with E-state index in [0.29, 0.717) is 0 Å². The number of carbonyl (C=O) groups excluding carboxylic acids is 4. The maximum atomic E-state index is 12.9. The van der Waals surface area contributed by atoms with E-state index in [1.54, 1.807) is 83.1 Å². The Kier molecular flexibility index (Phi) is 10.4. The molecule has 12 heteroatoms. The summed E-state index contributed by atoms with van der Waals surface area (Å²) in [5, 5.41) is 3.71. The Balaban J connectivity index is 3.57. The van der Waals surface area contributed by atoms with Gasteiger partial charge < -0.3 is 23.7 Å². The Morgan fingerprint density at radius 1 is 0.711 bits per heavy atom. The van der Waals surface area contributed by atoms with E-state index in [1.165, 1.54) is 0 Å². The quantitative estimate of drug-likeness (QED) is 0.148. The second-order valence-corrected chi connectivity index (χ2v) is 13.5. The third-order valence-corrected chi connectivity index (χ3v) is 5.33. The molecule has 0 saturated carbocycles. The van der Waals surface area contributed by atoms with Crippen LogP contribution in [0, 0.1) is 21.7 Å². The van der Waals surface area contributed by atoms with Gasteiger partial charge >= 0.3 is 23.9 Å². The van der Waals surface area contributed by atoms with E-state index in [9.17, 15) is 24.7 Å². The molecule has 0 bridgehead atoms. The minimum atomic E-state index is -1.49. The van der Waals surface area contributed by atoms with E-state index < -0.39 is 82.8 Å². The van der Waals surface area contributed by atoms with Gasteiger partial charge in [0, 0.05) is 4.91 Å². The topological polar surface area (TPSA) is 163 Å². The molecule has 0 aromatic rings. The minimum absolute atomic E-state index is 0.422. The third-order valence-electron chi connectivity index (χ3n) is 5.33. The van der Waals surface area contributed by atoms with Crippen molar-refractivity contribution in [3.63, 3.8) is 0 Å². The summed E-state index contributed by atoms with van der Waals surface area (Å²) in [5.74, 6) is -2.56. The third kappa shape index (κ3) is 9.16. The monoisotopic (exact) mass is 541 g/mol. The lowest BCUT2D eigenvalue weighted by Crippen LogP contribution is -2.48. The van der Waals surface area contributed by atoms with Gasteiger partial charge in [-0.15, -0.1) is 0 Å². The lowest BCUT2D eigenvalue weighted by atomic mass is 9.95. The Morgan fingerprint density at radius 2 is 1.11 bits per heavy atom. The van der Waals surface area contributed by atoms with Crippen LogP contribution in [-0.2, 0) is 42.9 Å². The van der Waals surface area contributed by atoms with Gasteiger partial charge in [0.1, 0.15) is 18.8 Å². The molecule has 0 radical (unpaired) electrons. The van der Waals surface area contributed by atoms with Crippen LogP contribution in [0.3, 0.4) is 0 Å². The van der Waals surface area contributed by atoms with Crippen molar-refractivity contribution in [2.75, 3.05) is 6.61 Å². The predicted molar refractivity (Wildman–Crippen MR) is 136 cm³/mol. The maximum Gasteiger partial charge on any atom is 0.313 e. The molecule has 1 fully saturated rings. The highest BCUT2D eigenvalue weighted by Crippen LogP contribution is 2.35. The molecule has 0 amide bonds. The Hall–Kier alpha value is -2.85. The summed E-state index contributed by atoms with van der Waals surface area (Å²) in [7, 11) is 0. The number of hydrogen-bond acceptors (Lipinski definition) is 10. The standard InChI is InChI=1S/C26H43N3O9/c1-23(2,3)19(30)34-13-14(28-29-27)15-16(36-20(31)24(4,5)6)17(37-21(32)25(7,8)9)18(35-15)38-22(33)26(10,11)12/h14-18H,13H2,1-12H3/t14-,15-,16-,17+,18?/m0/s1. The molecule has 0 aliphatic carbocycles. The number of rotatable bonds is 7. The number of hydrogen-bond donors (Lipinski definition) is 0. The van der Waals surface area contributed by atoms with Crippen molar-refractivity contribution in [1.82, 2.24) is 0 Å². The highest BCUT2D eigenvalue weighted by atomic mass is 16.7. The van der Waals surface area contributed by atoms with Crippen LogP contribution in [0.1, 0.15) is 83.1 Å². The zero-order valence-electron chi connectivity index (χ0n) is 24.6. The van der Waals surface area contributed by atoms with E-state index in [-0.39, 0.29) is 0 Å². The highest BCUT2D eigenvalue weighted by molar-refractivity contribution is 5.78. The number of ether oxygens (including phenoxy) is 5. The first-order chi connectivity index (χ1) is 17.0. The van der Waals surface area contributed by atoms with Gasteiger partial charge in [-0.1, -0.05) is 5.11 Å². The van der Waals surface area contributed by atoms with Crippen molar-refractivity contribution in [1.29, 1.82) is 0 Å². The molecular weight excluding hydrogens is 498 g/mol. The summed E-state index contributed by atoms with van der Waals surface area (Å²) >= 11 is 0. The van der Waals surface area contributed by atoms with Gasteiger partial charge in [-0.05, 0) is 88.6 Å². The van der Waals surface area contributed by atoms with Crippen LogP contribution in [0.15, 0.2) is 5.11 Å². The Morgan fingerprint density at radius 3 is 1.50 bits per heavy atom. The second-order valence-electron chi connectivity index (χ2n) is 13.5. The van der Waals surface area contributed by atoms with Crippen LogP contribution in [0.2, 0.25) is 0 Å². The Labute approximate surface area is 224 Å².